The average Bonchev–Trinajstić information content (AvgIpc) is 2.56. The molecule has 17 heavy (non-hydrogen) atoms. The summed E-state index contributed by atoms with van der Waals surface area (Å²) in [7, 11) is 0. The van der Waals surface area contributed by atoms with E-state index in [1.807, 2.05) is 11.3 Å². The Kier molecular flexibility index (Phi) is 7.40. The molecular weight excluding hydrogens is 294 g/mol. The van der Waals surface area contributed by atoms with E-state index >= 15 is 0 Å². The second-order valence-electron chi connectivity index (χ2n) is 4.94. The molecule has 0 aliphatic rings. The van der Waals surface area contributed by atoms with Crippen LogP contribution in [0.4, 0.5) is 0 Å². The summed E-state index contributed by atoms with van der Waals surface area (Å²) in [6, 6.07) is 2.94. The van der Waals surface area contributed by atoms with Crippen molar-refractivity contribution in [1.29, 1.82) is 0 Å². The summed E-state index contributed by atoms with van der Waals surface area (Å²) in [6.07, 6.45) is 6.59. The third-order valence-corrected chi connectivity index (χ3v) is 5.01. The maximum atomic E-state index is 3.58. The first-order valence-corrected chi connectivity index (χ1v) is 8.18. The molecule has 0 radical (unpaired) electrons. The van der Waals surface area contributed by atoms with Crippen LogP contribution in [0, 0.1) is 6.92 Å². The number of nitrogens with one attached hydrogen (secondary N) is 1. The predicted octanol–water partition coefficient (Wildman–Crippen LogP) is 4.92. The molecule has 0 unspecified atom stereocenters. The number of hydrogen-bond donors (Lipinski definition) is 1. The highest BCUT2D eigenvalue weighted by Crippen LogP contribution is 2.28. The molecule has 0 bridgehead atoms. The second kappa shape index (κ2) is 8.28. The lowest BCUT2D eigenvalue weighted by atomic mass is 10.1. The van der Waals surface area contributed by atoms with E-state index in [0.717, 1.165) is 0 Å². The summed E-state index contributed by atoms with van der Waals surface area (Å²) >= 11 is 5.47. The Labute approximate surface area is 118 Å². The van der Waals surface area contributed by atoms with Crippen LogP contribution in [0.5, 0.6) is 0 Å². The number of unbranched alkanes of at least 4 members (excludes halogenated alkanes) is 3. The Morgan fingerprint density at radius 2 is 1.94 bits per heavy atom. The van der Waals surface area contributed by atoms with Gasteiger partial charge in [0.15, 0.2) is 0 Å². The highest BCUT2D eigenvalue weighted by atomic mass is 79.9. The van der Waals surface area contributed by atoms with E-state index in [0.29, 0.717) is 6.04 Å². The van der Waals surface area contributed by atoms with Crippen LogP contribution >= 0.6 is 27.3 Å². The minimum atomic E-state index is 0.626. The van der Waals surface area contributed by atoms with Gasteiger partial charge < -0.3 is 5.32 Å². The molecule has 0 saturated carbocycles. The molecule has 1 heterocycles. The van der Waals surface area contributed by atoms with Crippen LogP contribution < -0.4 is 5.32 Å². The summed E-state index contributed by atoms with van der Waals surface area (Å²) < 4.78 is 1.30. The molecule has 0 saturated heterocycles. The Morgan fingerprint density at radius 3 is 2.53 bits per heavy atom. The van der Waals surface area contributed by atoms with Crippen LogP contribution in [-0.4, -0.2) is 12.6 Å². The fourth-order valence-corrected chi connectivity index (χ4v) is 3.49. The van der Waals surface area contributed by atoms with Crippen molar-refractivity contribution in [2.24, 2.45) is 0 Å². The Balaban J connectivity index is 2.01. The van der Waals surface area contributed by atoms with Crippen molar-refractivity contribution >= 4 is 27.3 Å². The molecule has 0 atom stereocenters. The molecule has 98 valence electrons. The van der Waals surface area contributed by atoms with Crippen LogP contribution in [0.3, 0.4) is 0 Å². The minimum Gasteiger partial charge on any atom is -0.315 e. The van der Waals surface area contributed by atoms with Gasteiger partial charge in [-0.15, -0.1) is 11.3 Å². The summed E-state index contributed by atoms with van der Waals surface area (Å²) in [5.41, 5.74) is 1.38. The van der Waals surface area contributed by atoms with E-state index in [1.54, 1.807) is 0 Å². The topological polar surface area (TPSA) is 12.0 Å². The van der Waals surface area contributed by atoms with Crippen molar-refractivity contribution in [2.45, 2.75) is 58.9 Å². The highest BCUT2D eigenvalue weighted by molar-refractivity contribution is 9.11. The van der Waals surface area contributed by atoms with Crippen molar-refractivity contribution in [2.75, 3.05) is 6.54 Å². The van der Waals surface area contributed by atoms with Gasteiger partial charge in [-0.3, -0.25) is 0 Å². The first-order valence-electron chi connectivity index (χ1n) is 6.58. The van der Waals surface area contributed by atoms with E-state index in [9.17, 15) is 0 Å². The number of aryl methyl sites for hydroxylation is 2. The molecule has 3 heteroatoms. The fraction of sp³-hybridized carbons (Fsp3) is 0.714. The smallest absolute Gasteiger partial charge is 0.0730 e. The van der Waals surface area contributed by atoms with Crippen LogP contribution in [0.15, 0.2) is 9.85 Å². The van der Waals surface area contributed by atoms with E-state index in [4.69, 9.17) is 0 Å². The third kappa shape index (κ3) is 6.58. The molecule has 1 rings (SSSR count). The van der Waals surface area contributed by atoms with Gasteiger partial charge >= 0.3 is 0 Å². The van der Waals surface area contributed by atoms with Gasteiger partial charge in [-0.2, -0.15) is 0 Å². The zero-order valence-electron chi connectivity index (χ0n) is 11.2. The summed E-state index contributed by atoms with van der Waals surface area (Å²) in [5, 5.41) is 3.46. The quantitative estimate of drug-likeness (QED) is 0.671. The average molecular weight is 318 g/mol. The summed E-state index contributed by atoms with van der Waals surface area (Å²) in [5.74, 6) is 0. The zero-order valence-corrected chi connectivity index (χ0v) is 13.6. The van der Waals surface area contributed by atoms with Gasteiger partial charge in [-0.1, -0.05) is 26.7 Å². The molecule has 0 amide bonds. The van der Waals surface area contributed by atoms with E-state index < -0.39 is 0 Å². The molecule has 1 aromatic rings. The van der Waals surface area contributed by atoms with Gasteiger partial charge in [0, 0.05) is 10.9 Å². The van der Waals surface area contributed by atoms with Gasteiger partial charge in [0.25, 0.3) is 0 Å². The normalized spacial score (nSPS) is 11.4. The molecule has 1 nitrogen and oxygen atoms in total. The molecule has 0 aromatic carbocycles. The summed E-state index contributed by atoms with van der Waals surface area (Å²) in [6.45, 7) is 7.75. The van der Waals surface area contributed by atoms with E-state index in [-0.39, 0.29) is 0 Å². The lowest BCUT2D eigenvalue weighted by Crippen LogP contribution is -2.23. The second-order valence-corrected chi connectivity index (χ2v) is 7.40. The Morgan fingerprint density at radius 1 is 1.24 bits per heavy atom. The Hall–Kier alpha value is 0.140. The molecule has 1 aromatic heterocycles. The first kappa shape index (κ1) is 15.2. The molecular formula is C14H24BrNS. The van der Waals surface area contributed by atoms with E-state index in [1.165, 1.54) is 52.9 Å². The number of thiophene rings is 1. The van der Waals surface area contributed by atoms with Crippen molar-refractivity contribution < 1.29 is 0 Å². The van der Waals surface area contributed by atoms with Gasteiger partial charge in [-0.05, 0) is 60.3 Å². The fourth-order valence-electron chi connectivity index (χ4n) is 1.81. The lowest BCUT2D eigenvalue weighted by Gasteiger charge is -2.07. The van der Waals surface area contributed by atoms with Crippen molar-refractivity contribution in [3.8, 4) is 0 Å². The van der Waals surface area contributed by atoms with Crippen molar-refractivity contribution in [3.63, 3.8) is 0 Å². The van der Waals surface area contributed by atoms with Gasteiger partial charge in [0.05, 0.1) is 3.79 Å². The largest absolute Gasteiger partial charge is 0.315 e. The van der Waals surface area contributed by atoms with Crippen molar-refractivity contribution in [1.82, 2.24) is 5.32 Å². The van der Waals surface area contributed by atoms with Gasteiger partial charge in [0.1, 0.15) is 0 Å². The maximum absolute atomic E-state index is 3.58. The first-order chi connectivity index (χ1) is 8.09. The van der Waals surface area contributed by atoms with Crippen LogP contribution in [0.25, 0.3) is 0 Å². The standard InChI is InChI=1S/C14H24BrNS/c1-11(2)16-9-7-5-4-6-8-13-10-12(3)14(15)17-13/h10-11,16H,4-9H2,1-3H3. The molecule has 0 spiro atoms. The number of hydrogen-bond acceptors (Lipinski definition) is 2. The Bertz CT molecular complexity index is 301. The molecule has 1 N–H and O–H groups in total. The van der Waals surface area contributed by atoms with Crippen LogP contribution in [0.1, 0.15) is 50.0 Å². The molecule has 0 aliphatic carbocycles. The summed E-state index contributed by atoms with van der Waals surface area (Å²) in [4.78, 5) is 1.52. The zero-order chi connectivity index (χ0) is 12.7. The number of halogens is 1. The van der Waals surface area contributed by atoms with Gasteiger partial charge in [-0.25, -0.2) is 0 Å². The predicted molar refractivity (Wildman–Crippen MR) is 82.1 cm³/mol. The highest BCUT2D eigenvalue weighted by Gasteiger charge is 2.02. The minimum absolute atomic E-state index is 0.626. The van der Waals surface area contributed by atoms with Crippen LogP contribution in [0.2, 0.25) is 0 Å². The van der Waals surface area contributed by atoms with E-state index in [2.05, 4.69) is 48.1 Å². The number of rotatable bonds is 8. The van der Waals surface area contributed by atoms with Crippen LogP contribution in [-0.2, 0) is 6.42 Å². The van der Waals surface area contributed by atoms with Gasteiger partial charge in [0.2, 0.25) is 0 Å². The van der Waals surface area contributed by atoms with Crippen molar-refractivity contribution in [3.05, 3.63) is 20.3 Å². The SMILES string of the molecule is Cc1cc(CCCCCCNC(C)C)sc1Br. The third-order valence-electron chi connectivity index (χ3n) is 2.81. The maximum Gasteiger partial charge on any atom is 0.0730 e. The molecule has 0 fully saturated rings. The monoisotopic (exact) mass is 317 g/mol. The molecule has 0 aliphatic heterocycles. The lowest BCUT2D eigenvalue weighted by molar-refractivity contribution is 0.542.